The summed E-state index contributed by atoms with van der Waals surface area (Å²) in [5, 5.41) is 0.470. The van der Waals surface area contributed by atoms with E-state index in [4.69, 9.17) is 21.1 Å². The van der Waals surface area contributed by atoms with Gasteiger partial charge in [-0.1, -0.05) is 11.6 Å². The van der Waals surface area contributed by atoms with Crippen LogP contribution in [-0.2, 0) is 24.8 Å². The van der Waals surface area contributed by atoms with E-state index in [1.54, 1.807) is 24.3 Å². The van der Waals surface area contributed by atoms with E-state index in [1.807, 2.05) is 4.90 Å². The molecule has 0 aliphatic carbocycles. The van der Waals surface area contributed by atoms with Crippen LogP contribution < -0.4 is 9.64 Å². The van der Waals surface area contributed by atoms with Crippen LogP contribution in [0.2, 0.25) is 5.02 Å². The molecule has 2 fully saturated rings. The molecule has 0 unspecified atom stereocenters. The number of hydrogen-bond acceptors (Lipinski definition) is 7. The molecule has 9 nitrogen and oxygen atoms in total. The van der Waals surface area contributed by atoms with Gasteiger partial charge < -0.3 is 14.4 Å². The molecule has 0 radical (unpaired) electrons. The summed E-state index contributed by atoms with van der Waals surface area (Å²) in [6, 6.07) is 10.9. The summed E-state index contributed by atoms with van der Waals surface area (Å²) in [7, 11) is -5.79. The number of methoxy groups -OCH3 is 1. The van der Waals surface area contributed by atoms with E-state index in [2.05, 4.69) is 0 Å². The summed E-state index contributed by atoms with van der Waals surface area (Å²) in [5.41, 5.74) is 0.621. The Kier molecular flexibility index (Phi) is 7.18. The zero-order valence-corrected chi connectivity index (χ0v) is 20.6. The predicted octanol–water partition coefficient (Wildman–Crippen LogP) is 1.88. The third kappa shape index (κ3) is 4.98. The Morgan fingerprint density at radius 3 is 1.94 bits per heavy atom. The number of morpholine rings is 1. The van der Waals surface area contributed by atoms with E-state index in [9.17, 15) is 16.8 Å². The number of piperazine rings is 1. The van der Waals surface area contributed by atoms with Crippen LogP contribution in [0.3, 0.4) is 0 Å². The summed E-state index contributed by atoms with van der Waals surface area (Å²) in [5.74, 6) is 0.532. The summed E-state index contributed by atoms with van der Waals surface area (Å²) >= 11 is 5.88. The molecular weight excluding hydrogens is 490 g/mol. The van der Waals surface area contributed by atoms with Crippen molar-refractivity contribution >= 4 is 37.3 Å². The Morgan fingerprint density at radius 2 is 1.33 bits per heavy atom. The van der Waals surface area contributed by atoms with Gasteiger partial charge in [-0.25, -0.2) is 16.8 Å². The number of rotatable bonds is 6. The van der Waals surface area contributed by atoms with Crippen molar-refractivity contribution < 1.29 is 26.3 Å². The fraction of sp³-hybridized carbons (Fsp3) is 0.429. The minimum Gasteiger partial charge on any atom is -0.495 e. The average Bonchev–Trinajstić information content (AvgIpc) is 2.84. The third-order valence-corrected chi connectivity index (χ3v) is 9.85. The first-order chi connectivity index (χ1) is 15.7. The molecule has 2 saturated heterocycles. The number of anilines is 1. The molecule has 2 heterocycles. The van der Waals surface area contributed by atoms with E-state index in [1.165, 1.54) is 33.9 Å². The van der Waals surface area contributed by atoms with Crippen molar-refractivity contribution in [1.29, 1.82) is 0 Å². The van der Waals surface area contributed by atoms with Gasteiger partial charge in [0.2, 0.25) is 20.0 Å². The monoisotopic (exact) mass is 515 g/mol. The van der Waals surface area contributed by atoms with E-state index >= 15 is 0 Å². The molecule has 0 N–H and O–H groups in total. The third-order valence-electron chi connectivity index (χ3n) is 5.79. The summed E-state index contributed by atoms with van der Waals surface area (Å²) in [6.07, 6.45) is 0. The second-order valence-electron chi connectivity index (χ2n) is 7.70. The van der Waals surface area contributed by atoms with Gasteiger partial charge in [-0.15, -0.1) is 0 Å². The minimum absolute atomic E-state index is 0.177. The molecule has 0 atom stereocenters. The molecule has 0 aromatic heterocycles. The van der Waals surface area contributed by atoms with Gasteiger partial charge in [0.1, 0.15) is 5.75 Å². The Labute approximate surface area is 199 Å². The molecule has 0 spiro atoms. The first kappa shape index (κ1) is 24.2. The van der Waals surface area contributed by atoms with E-state index < -0.39 is 20.0 Å². The molecule has 4 rings (SSSR count). The van der Waals surface area contributed by atoms with Gasteiger partial charge >= 0.3 is 0 Å². The van der Waals surface area contributed by atoms with Crippen LogP contribution in [0.25, 0.3) is 0 Å². The van der Waals surface area contributed by atoms with Crippen molar-refractivity contribution in [1.82, 2.24) is 8.61 Å². The summed E-state index contributed by atoms with van der Waals surface area (Å²) in [6.45, 7) is 2.66. The van der Waals surface area contributed by atoms with E-state index in [0.717, 1.165) is 0 Å². The van der Waals surface area contributed by atoms with Crippen LogP contribution in [-0.4, -0.2) is 85.0 Å². The van der Waals surface area contributed by atoms with Gasteiger partial charge in [-0.3, -0.25) is 0 Å². The number of nitrogens with zero attached hydrogens (tertiary/aromatic N) is 3. The number of sulfonamides is 2. The van der Waals surface area contributed by atoms with Gasteiger partial charge in [-0.2, -0.15) is 8.61 Å². The first-order valence-electron chi connectivity index (χ1n) is 10.5. The fourth-order valence-electron chi connectivity index (χ4n) is 3.94. The van der Waals surface area contributed by atoms with Crippen LogP contribution >= 0.6 is 11.6 Å². The van der Waals surface area contributed by atoms with Crippen LogP contribution in [0.15, 0.2) is 52.3 Å². The molecule has 33 heavy (non-hydrogen) atoms. The lowest BCUT2D eigenvalue weighted by atomic mass is 10.2. The van der Waals surface area contributed by atoms with Crippen molar-refractivity contribution in [2.24, 2.45) is 0 Å². The fourth-order valence-corrected chi connectivity index (χ4v) is 6.92. The van der Waals surface area contributed by atoms with Crippen LogP contribution in [0.1, 0.15) is 0 Å². The van der Waals surface area contributed by atoms with Gasteiger partial charge in [0.15, 0.2) is 0 Å². The van der Waals surface area contributed by atoms with Crippen molar-refractivity contribution in [3.63, 3.8) is 0 Å². The standard InChI is InChI=1S/C21H26ClN3O6S2/c1-30-21-7-6-19(33(28,29)25-12-14-31-15-13-25)16-20(21)23-8-10-24(11-9-23)32(26,27)18-4-2-17(22)3-5-18/h2-7,16H,8-15H2,1H3. The molecule has 0 amide bonds. The Bertz CT molecular complexity index is 1190. The van der Waals surface area contributed by atoms with Crippen molar-refractivity contribution in [3.05, 3.63) is 47.5 Å². The lowest BCUT2D eigenvalue weighted by Crippen LogP contribution is -2.48. The topological polar surface area (TPSA) is 96.5 Å². The Morgan fingerprint density at radius 1 is 0.788 bits per heavy atom. The maximum Gasteiger partial charge on any atom is 0.243 e. The highest BCUT2D eigenvalue weighted by Gasteiger charge is 2.31. The molecule has 2 aromatic rings. The maximum atomic E-state index is 13.1. The number of halogens is 1. The normalized spacial score (nSPS) is 18.9. The number of hydrogen-bond donors (Lipinski definition) is 0. The second-order valence-corrected chi connectivity index (χ2v) is 12.0. The molecule has 0 saturated carbocycles. The van der Waals surface area contributed by atoms with Crippen LogP contribution in [0, 0.1) is 0 Å². The van der Waals surface area contributed by atoms with Gasteiger partial charge in [0.05, 0.1) is 35.8 Å². The van der Waals surface area contributed by atoms with Crippen molar-refractivity contribution in [2.45, 2.75) is 9.79 Å². The Hall–Kier alpha value is -1.89. The van der Waals surface area contributed by atoms with E-state index in [-0.39, 0.29) is 22.9 Å². The SMILES string of the molecule is COc1ccc(S(=O)(=O)N2CCOCC2)cc1N1CCN(S(=O)(=O)c2ccc(Cl)cc2)CC1. The quantitative estimate of drug-likeness (QED) is 0.579. The molecule has 180 valence electrons. The van der Waals surface area contributed by atoms with Crippen molar-refractivity contribution in [3.8, 4) is 5.75 Å². The molecular formula is C21H26ClN3O6S2. The molecule has 0 bridgehead atoms. The van der Waals surface area contributed by atoms with Gasteiger partial charge in [0.25, 0.3) is 0 Å². The molecule has 2 aliphatic heterocycles. The largest absolute Gasteiger partial charge is 0.495 e. The molecule has 2 aliphatic rings. The Balaban J connectivity index is 1.54. The van der Waals surface area contributed by atoms with Gasteiger partial charge in [0, 0.05) is 44.3 Å². The minimum atomic E-state index is -3.67. The summed E-state index contributed by atoms with van der Waals surface area (Å²) < 4.78 is 65.7. The smallest absolute Gasteiger partial charge is 0.243 e. The molecule has 12 heteroatoms. The second kappa shape index (κ2) is 9.77. The van der Waals surface area contributed by atoms with E-state index in [0.29, 0.717) is 55.9 Å². The maximum absolute atomic E-state index is 13.1. The molecule has 2 aromatic carbocycles. The van der Waals surface area contributed by atoms with Crippen molar-refractivity contribution in [2.75, 3.05) is 64.5 Å². The zero-order chi connectivity index (χ0) is 23.6. The lowest BCUT2D eigenvalue weighted by Gasteiger charge is -2.36. The number of benzene rings is 2. The first-order valence-corrected chi connectivity index (χ1v) is 13.8. The predicted molar refractivity (Wildman–Crippen MR) is 125 cm³/mol. The zero-order valence-electron chi connectivity index (χ0n) is 18.2. The summed E-state index contributed by atoms with van der Waals surface area (Å²) in [4.78, 5) is 2.32. The average molecular weight is 516 g/mol. The number of ether oxygens (including phenoxy) is 2. The highest BCUT2D eigenvalue weighted by Crippen LogP contribution is 2.33. The van der Waals surface area contributed by atoms with Crippen LogP contribution in [0.4, 0.5) is 5.69 Å². The van der Waals surface area contributed by atoms with Crippen LogP contribution in [0.5, 0.6) is 5.75 Å². The van der Waals surface area contributed by atoms with Gasteiger partial charge in [-0.05, 0) is 42.5 Å². The lowest BCUT2D eigenvalue weighted by molar-refractivity contribution is 0.0730. The highest BCUT2D eigenvalue weighted by atomic mass is 35.5. The highest BCUT2D eigenvalue weighted by molar-refractivity contribution is 7.89.